The van der Waals surface area contributed by atoms with E-state index in [0.29, 0.717) is 13.0 Å². The van der Waals surface area contributed by atoms with Gasteiger partial charge in [0, 0.05) is 13.0 Å². The zero-order valence-corrected chi connectivity index (χ0v) is 12.1. The lowest BCUT2D eigenvalue weighted by Gasteiger charge is -2.17. The molecule has 0 aliphatic carbocycles. The van der Waals surface area contributed by atoms with Crippen molar-refractivity contribution in [1.29, 1.82) is 0 Å². The van der Waals surface area contributed by atoms with Crippen molar-refractivity contribution in [3.63, 3.8) is 0 Å². The topological polar surface area (TPSA) is 65.0 Å². The molecule has 0 saturated carbocycles. The molecular weight excluding hydrogens is 252 g/mol. The molecule has 0 aliphatic rings. The maximum absolute atomic E-state index is 10.1. The van der Waals surface area contributed by atoms with Gasteiger partial charge in [0.2, 0.25) is 0 Å². The fraction of sp³-hybridized carbons (Fsp3) is 0.467. The molecule has 0 bridgehead atoms. The van der Waals surface area contributed by atoms with E-state index in [-0.39, 0.29) is 0 Å². The van der Waals surface area contributed by atoms with Crippen LogP contribution in [-0.2, 0) is 13.0 Å². The summed E-state index contributed by atoms with van der Waals surface area (Å²) in [4.78, 5) is 6.51. The number of aromatic amines is 1. The van der Waals surface area contributed by atoms with Gasteiger partial charge in [0.15, 0.2) is 0 Å². The minimum absolute atomic E-state index is 0.417. The van der Waals surface area contributed by atoms with E-state index in [0.717, 1.165) is 30.2 Å². The molecule has 0 spiro atoms. The Labute approximate surface area is 119 Å². The van der Waals surface area contributed by atoms with Crippen LogP contribution in [0.5, 0.6) is 0 Å². The minimum Gasteiger partial charge on any atom is -0.388 e. The first-order valence-corrected chi connectivity index (χ1v) is 7.00. The molecule has 5 heteroatoms. The highest BCUT2D eigenvalue weighted by atomic mass is 16.3. The first-order chi connectivity index (χ1) is 9.69. The third kappa shape index (κ3) is 4.15. The highest BCUT2D eigenvalue weighted by molar-refractivity contribution is 5.17. The molecule has 1 heterocycles. The van der Waals surface area contributed by atoms with Crippen molar-refractivity contribution >= 4 is 0 Å². The Hall–Kier alpha value is -1.72. The van der Waals surface area contributed by atoms with Crippen molar-refractivity contribution in [3.05, 3.63) is 47.5 Å². The molecule has 0 saturated heterocycles. The zero-order valence-electron chi connectivity index (χ0n) is 12.1. The summed E-state index contributed by atoms with van der Waals surface area (Å²) in [5.74, 6) is 1.72. The molecule has 2 N–H and O–H groups in total. The largest absolute Gasteiger partial charge is 0.388 e. The van der Waals surface area contributed by atoms with Gasteiger partial charge in [0.25, 0.3) is 0 Å². The summed E-state index contributed by atoms with van der Waals surface area (Å²) in [6.07, 6.45) is 1.13. The van der Waals surface area contributed by atoms with Crippen LogP contribution in [0.1, 0.15) is 36.7 Å². The number of nitrogens with zero attached hydrogens (tertiary/aromatic N) is 3. The maximum Gasteiger partial charge on any atom is 0.150 e. The zero-order chi connectivity index (χ0) is 14.4. The van der Waals surface area contributed by atoms with E-state index in [1.807, 2.05) is 44.3 Å². The fourth-order valence-corrected chi connectivity index (χ4v) is 2.08. The van der Waals surface area contributed by atoms with E-state index in [2.05, 4.69) is 20.1 Å². The second-order valence-electron chi connectivity index (χ2n) is 5.00. The maximum atomic E-state index is 10.1. The Kier molecular flexibility index (Phi) is 5.26. The molecule has 5 nitrogen and oxygen atoms in total. The highest BCUT2D eigenvalue weighted by Gasteiger charge is 2.10. The van der Waals surface area contributed by atoms with Gasteiger partial charge < -0.3 is 5.11 Å². The summed E-state index contributed by atoms with van der Waals surface area (Å²) in [5, 5.41) is 17.2. The van der Waals surface area contributed by atoms with Gasteiger partial charge >= 0.3 is 0 Å². The average Bonchev–Trinajstić information content (AvgIpc) is 2.93. The van der Waals surface area contributed by atoms with Gasteiger partial charge in [-0.25, -0.2) is 4.98 Å². The lowest BCUT2D eigenvalue weighted by Crippen LogP contribution is -2.21. The van der Waals surface area contributed by atoms with Crippen LogP contribution >= 0.6 is 0 Å². The number of aliphatic hydroxyl groups excluding tert-OH is 1. The number of aliphatic hydroxyl groups is 1. The quantitative estimate of drug-likeness (QED) is 0.809. The first-order valence-electron chi connectivity index (χ1n) is 7.00. The van der Waals surface area contributed by atoms with E-state index in [1.54, 1.807) is 0 Å². The lowest BCUT2D eigenvalue weighted by molar-refractivity contribution is 0.147. The summed E-state index contributed by atoms with van der Waals surface area (Å²) < 4.78 is 0. The van der Waals surface area contributed by atoms with Gasteiger partial charge in [-0.3, -0.25) is 10.00 Å². The van der Waals surface area contributed by atoms with E-state index in [1.165, 1.54) is 0 Å². The second kappa shape index (κ2) is 7.17. The van der Waals surface area contributed by atoms with Crippen molar-refractivity contribution in [2.24, 2.45) is 0 Å². The number of rotatable bonds is 7. The number of benzene rings is 1. The normalized spacial score (nSPS) is 12.8. The van der Waals surface area contributed by atoms with Crippen LogP contribution in [0.2, 0.25) is 0 Å². The average molecular weight is 274 g/mol. The van der Waals surface area contributed by atoms with Crippen molar-refractivity contribution in [2.45, 2.75) is 32.4 Å². The third-order valence-electron chi connectivity index (χ3n) is 3.28. The van der Waals surface area contributed by atoms with Crippen molar-refractivity contribution in [2.75, 3.05) is 13.6 Å². The number of aromatic nitrogens is 3. The van der Waals surface area contributed by atoms with Gasteiger partial charge in [-0.05, 0) is 19.0 Å². The minimum atomic E-state index is -0.417. The van der Waals surface area contributed by atoms with Gasteiger partial charge in [-0.1, -0.05) is 37.3 Å². The molecule has 1 aromatic heterocycles. The summed E-state index contributed by atoms with van der Waals surface area (Å²) in [6, 6.07) is 9.76. The van der Waals surface area contributed by atoms with Crippen LogP contribution in [-0.4, -0.2) is 38.8 Å². The van der Waals surface area contributed by atoms with Gasteiger partial charge in [-0.15, -0.1) is 0 Å². The Bertz CT molecular complexity index is 512. The molecule has 0 radical (unpaired) electrons. The first kappa shape index (κ1) is 14.7. The fourth-order valence-electron chi connectivity index (χ4n) is 2.08. The van der Waals surface area contributed by atoms with Gasteiger partial charge in [0.05, 0.1) is 12.6 Å². The predicted octanol–water partition coefficient (Wildman–Crippen LogP) is 1.92. The summed E-state index contributed by atoms with van der Waals surface area (Å²) in [5.41, 5.74) is 0.967. The Morgan fingerprint density at radius 2 is 2.05 bits per heavy atom. The number of hydrogen-bond donors (Lipinski definition) is 2. The summed E-state index contributed by atoms with van der Waals surface area (Å²) in [6.45, 7) is 3.56. The molecular formula is C15H22N4O. The number of H-pyrrole nitrogens is 1. The monoisotopic (exact) mass is 274 g/mol. The van der Waals surface area contributed by atoms with E-state index < -0.39 is 6.10 Å². The molecule has 108 valence electrons. The number of hydrogen-bond acceptors (Lipinski definition) is 4. The van der Waals surface area contributed by atoms with E-state index in [4.69, 9.17) is 0 Å². The SMILES string of the molecule is CCc1n[nH]c(CN(C)CCC(O)c2ccccc2)n1. The highest BCUT2D eigenvalue weighted by Crippen LogP contribution is 2.16. The van der Waals surface area contributed by atoms with Gasteiger partial charge in [-0.2, -0.15) is 5.10 Å². The Morgan fingerprint density at radius 1 is 1.30 bits per heavy atom. The third-order valence-corrected chi connectivity index (χ3v) is 3.28. The molecule has 1 aromatic carbocycles. The van der Waals surface area contributed by atoms with Crippen LogP contribution in [0.3, 0.4) is 0 Å². The molecule has 0 fully saturated rings. The lowest BCUT2D eigenvalue weighted by atomic mass is 10.1. The van der Waals surface area contributed by atoms with Crippen LogP contribution in [0.25, 0.3) is 0 Å². The molecule has 2 aromatic rings. The smallest absolute Gasteiger partial charge is 0.150 e. The van der Waals surface area contributed by atoms with Crippen LogP contribution in [0.15, 0.2) is 30.3 Å². The standard InChI is InChI=1S/C15H22N4O/c1-3-14-16-15(18-17-14)11-19(2)10-9-13(20)12-7-5-4-6-8-12/h4-8,13,20H,3,9-11H2,1-2H3,(H,16,17,18). The van der Waals surface area contributed by atoms with E-state index >= 15 is 0 Å². The Morgan fingerprint density at radius 3 is 2.70 bits per heavy atom. The van der Waals surface area contributed by atoms with Crippen molar-refractivity contribution < 1.29 is 5.11 Å². The summed E-state index contributed by atoms with van der Waals surface area (Å²) in [7, 11) is 2.02. The molecule has 2 rings (SSSR count). The molecule has 1 atom stereocenters. The molecule has 0 amide bonds. The van der Waals surface area contributed by atoms with E-state index in [9.17, 15) is 5.11 Å². The summed E-state index contributed by atoms with van der Waals surface area (Å²) >= 11 is 0. The molecule has 20 heavy (non-hydrogen) atoms. The van der Waals surface area contributed by atoms with Crippen LogP contribution in [0, 0.1) is 0 Å². The second-order valence-corrected chi connectivity index (χ2v) is 5.00. The molecule has 1 unspecified atom stereocenters. The van der Waals surface area contributed by atoms with Crippen LogP contribution < -0.4 is 0 Å². The Balaban J connectivity index is 1.78. The number of aryl methyl sites for hydroxylation is 1. The van der Waals surface area contributed by atoms with Crippen molar-refractivity contribution in [3.8, 4) is 0 Å². The molecule has 0 aliphatic heterocycles. The predicted molar refractivity (Wildman–Crippen MR) is 78.1 cm³/mol. The van der Waals surface area contributed by atoms with Crippen LogP contribution in [0.4, 0.5) is 0 Å². The van der Waals surface area contributed by atoms with Crippen molar-refractivity contribution in [1.82, 2.24) is 20.1 Å². The van der Waals surface area contributed by atoms with Gasteiger partial charge in [0.1, 0.15) is 11.6 Å². The number of nitrogens with one attached hydrogen (secondary N) is 1.